The topological polar surface area (TPSA) is 50.4 Å². The summed E-state index contributed by atoms with van der Waals surface area (Å²) in [5.41, 5.74) is 1.77. The maximum Gasteiger partial charge on any atom is 0.372 e. The second kappa shape index (κ2) is 4.00. The molecule has 0 spiro atoms. The first kappa shape index (κ1) is 9.52. The minimum Gasteiger partial charge on any atom is -0.475 e. The molecule has 1 aromatic heterocycles. The van der Waals surface area contributed by atoms with Crippen LogP contribution in [0.4, 0.5) is 0 Å². The van der Waals surface area contributed by atoms with E-state index in [-0.39, 0.29) is 5.76 Å². The van der Waals surface area contributed by atoms with Crippen molar-refractivity contribution in [2.75, 3.05) is 0 Å². The Morgan fingerprint density at radius 3 is 2.60 bits per heavy atom. The molecule has 76 valence electrons. The van der Waals surface area contributed by atoms with E-state index >= 15 is 0 Å². The SMILES string of the molecule is O=C(O)c1occc1Cc1ccccc1. The molecule has 0 aliphatic heterocycles. The van der Waals surface area contributed by atoms with Crippen molar-refractivity contribution in [3.8, 4) is 0 Å². The van der Waals surface area contributed by atoms with E-state index in [2.05, 4.69) is 0 Å². The van der Waals surface area contributed by atoms with Gasteiger partial charge in [-0.15, -0.1) is 0 Å². The van der Waals surface area contributed by atoms with Crippen LogP contribution in [0.25, 0.3) is 0 Å². The van der Waals surface area contributed by atoms with Gasteiger partial charge in [0.05, 0.1) is 6.26 Å². The van der Waals surface area contributed by atoms with Crippen LogP contribution in [0.3, 0.4) is 0 Å². The number of hydrogen-bond donors (Lipinski definition) is 1. The first-order valence-corrected chi connectivity index (χ1v) is 4.61. The van der Waals surface area contributed by atoms with Crippen LogP contribution in [0.5, 0.6) is 0 Å². The van der Waals surface area contributed by atoms with E-state index in [0.717, 1.165) is 5.56 Å². The smallest absolute Gasteiger partial charge is 0.372 e. The average molecular weight is 202 g/mol. The highest BCUT2D eigenvalue weighted by Gasteiger charge is 2.13. The van der Waals surface area contributed by atoms with Gasteiger partial charge in [0.15, 0.2) is 0 Å². The number of carbonyl (C=O) groups is 1. The standard InChI is InChI=1S/C12H10O3/c13-12(14)11-10(6-7-15-11)8-9-4-2-1-3-5-9/h1-7H,8H2,(H,13,14). The molecule has 1 aromatic carbocycles. The first-order valence-electron chi connectivity index (χ1n) is 4.61. The molecule has 2 aromatic rings. The largest absolute Gasteiger partial charge is 0.475 e. The van der Waals surface area contributed by atoms with Crippen molar-refractivity contribution in [1.82, 2.24) is 0 Å². The summed E-state index contributed by atoms with van der Waals surface area (Å²) in [5, 5.41) is 8.84. The highest BCUT2D eigenvalue weighted by molar-refractivity contribution is 5.86. The number of benzene rings is 1. The van der Waals surface area contributed by atoms with E-state index in [0.29, 0.717) is 12.0 Å². The lowest BCUT2D eigenvalue weighted by Crippen LogP contribution is -1.99. The van der Waals surface area contributed by atoms with Gasteiger partial charge in [0.1, 0.15) is 0 Å². The Morgan fingerprint density at radius 2 is 1.93 bits per heavy atom. The molecule has 0 aliphatic rings. The number of carboxylic acid groups (broad SMARTS) is 1. The van der Waals surface area contributed by atoms with Crippen LogP contribution in [-0.2, 0) is 6.42 Å². The van der Waals surface area contributed by atoms with Gasteiger partial charge in [-0.3, -0.25) is 0 Å². The molecule has 0 fully saturated rings. The quantitative estimate of drug-likeness (QED) is 0.832. The van der Waals surface area contributed by atoms with Crippen molar-refractivity contribution in [1.29, 1.82) is 0 Å². The first-order chi connectivity index (χ1) is 7.27. The zero-order chi connectivity index (χ0) is 10.7. The Hall–Kier alpha value is -2.03. The summed E-state index contributed by atoms with van der Waals surface area (Å²) >= 11 is 0. The van der Waals surface area contributed by atoms with Gasteiger partial charge < -0.3 is 9.52 Å². The van der Waals surface area contributed by atoms with Crippen molar-refractivity contribution >= 4 is 5.97 Å². The van der Waals surface area contributed by atoms with Crippen LogP contribution >= 0.6 is 0 Å². The summed E-state index contributed by atoms with van der Waals surface area (Å²) in [6.07, 6.45) is 1.99. The Labute approximate surface area is 87.0 Å². The predicted octanol–water partition coefficient (Wildman–Crippen LogP) is 2.57. The maximum absolute atomic E-state index is 10.8. The Kier molecular flexibility index (Phi) is 2.54. The number of rotatable bonds is 3. The van der Waals surface area contributed by atoms with Crippen molar-refractivity contribution < 1.29 is 14.3 Å². The lowest BCUT2D eigenvalue weighted by Gasteiger charge is -1.99. The summed E-state index contributed by atoms with van der Waals surface area (Å²) in [7, 11) is 0. The lowest BCUT2D eigenvalue weighted by atomic mass is 10.1. The van der Waals surface area contributed by atoms with Gasteiger partial charge in [0.25, 0.3) is 0 Å². The van der Waals surface area contributed by atoms with Gasteiger partial charge in [-0.05, 0) is 11.6 Å². The third-order valence-electron chi connectivity index (χ3n) is 2.18. The molecule has 0 saturated carbocycles. The van der Waals surface area contributed by atoms with Gasteiger partial charge in [-0.2, -0.15) is 0 Å². The average Bonchev–Trinajstić information content (AvgIpc) is 2.67. The minimum atomic E-state index is -1.02. The second-order valence-corrected chi connectivity index (χ2v) is 3.24. The molecule has 0 amide bonds. The molecule has 0 radical (unpaired) electrons. The Morgan fingerprint density at radius 1 is 1.20 bits per heavy atom. The van der Waals surface area contributed by atoms with Crippen LogP contribution in [0.1, 0.15) is 21.7 Å². The van der Waals surface area contributed by atoms with Gasteiger partial charge in [0.2, 0.25) is 5.76 Å². The molecule has 0 saturated heterocycles. The van der Waals surface area contributed by atoms with Crippen molar-refractivity contribution in [2.24, 2.45) is 0 Å². The molecule has 3 nitrogen and oxygen atoms in total. The summed E-state index contributed by atoms with van der Waals surface area (Å²) in [6, 6.07) is 11.4. The molecule has 0 unspecified atom stereocenters. The molecule has 1 heterocycles. The van der Waals surface area contributed by atoms with E-state index in [1.165, 1.54) is 6.26 Å². The zero-order valence-electron chi connectivity index (χ0n) is 8.01. The van der Waals surface area contributed by atoms with Gasteiger partial charge in [-0.25, -0.2) is 4.79 Å². The van der Waals surface area contributed by atoms with Crippen molar-refractivity contribution in [3.05, 3.63) is 59.5 Å². The van der Waals surface area contributed by atoms with Gasteiger partial charge in [-0.1, -0.05) is 30.3 Å². The van der Waals surface area contributed by atoms with Crippen LogP contribution in [0.15, 0.2) is 47.1 Å². The second-order valence-electron chi connectivity index (χ2n) is 3.24. The Bertz CT molecular complexity index is 457. The monoisotopic (exact) mass is 202 g/mol. The molecule has 0 atom stereocenters. The number of carboxylic acids is 1. The van der Waals surface area contributed by atoms with E-state index in [4.69, 9.17) is 9.52 Å². The fourth-order valence-corrected chi connectivity index (χ4v) is 1.48. The third kappa shape index (κ3) is 2.07. The fourth-order valence-electron chi connectivity index (χ4n) is 1.48. The predicted molar refractivity (Wildman–Crippen MR) is 54.9 cm³/mol. The summed E-state index contributed by atoms with van der Waals surface area (Å²) in [4.78, 5) is 10.8. The third-order valence-corrected chi connectivity index (χ3v) is 2.18. The summed E-state index contributed by atoms with van der Waals surface area (Å²) < 4.78 is 4.90. The molecule has 0 aliphatic carbocycles. The molecule has 3 heteroatoms. The number of aromatic carboxylic acids is 1. The molecule has 15 heavy (non-hydrogen) atoms. The van der Waals surface area contributed by atoms with Crippen molar-refractivity contribution in [3.63, 3.8) is 0 Å². The van der Waals surface area contributed by atoms with Crippen LogP contribution in [0.2, 0.25) is 0 Å². The molecular formula is C12H10O3. The maximum atomic E-state index is 10.8. The van der Waals surface area contributed by atoms with Crippen molar-refractivity contribution in [2.45, 2.75) is 6.42 Å². The van der Waals surface area contributed by atoms with Gasteiger partial charge >= 0.3 is 5.97 Å². The van der Waals surface area contributed by atoms with Crippen LogP contribution in [-0.4, -0.2) is 11.1 Å². The highest BCUT2D eigenvalue weighted by atomic mass is 16.4. The van der Waals surface area contributed by atoms with E-state index in [9.17, 15) is 4.79 Å². The molecule has 1 N–H and O–H groups in total. The molecular weight excluding hydrogens is 192 g/mol. The zero-order valence-corrected chi connectivity index (χ0v) is 8.01. The summed E-state index contributed by atoms with van der Waals surface area (Å²) in [6.45, 7) is 0. The summed E-state index contributed by atoms with van der Waals surface area (Å²) in [5.74, 6) is -0.996. The van der Waals surface area contributed by atoms with E-state index in [1.807, 2.05) is 30.3 Å². The van der Waals surface area contributed by atoms with E-state index < -0.39 is 5.97 Å². The van der Waals surface area contributed by atoms with Crippen LogP contribution in [0, 0.1) is 0 Å². The molecule has 0 bridgehead atoms. The number of furan rings is 1. The van der Waals surface area contributed by atoms with Gasteiger partial charge in [0, 0.05) is 12.0 Å². The van der Waals surface area contributed by atoms with Crippen LogP contribution < -0.4 is 0 Å². The molecule has 2 rings (SSSR count). The Balaban J connectivity index is 2.25. The lowest BCUT2D eigenvalue weighted by molar-refractivity contribution is 0.0661. The minimum absolute atomic E-state index is 0.0267. The highest BCUT2D eigenvalue weighted by Crippen LogP contribution is 2.15. The normalized spacial score (nSPS) is 10.1. The fraction of sp³-hybridized carbons (Fsp3) is 0.0833. The van der Waals surface area contributed by atoms with E-state index in [1.54, 1.807) is 6.07 Å². The number of hydrogen-bond acceptors (Lipinski definition) is 2.